The van der Waals surface area contributed by atoms with Gasteiger partial charge in [-0.1, -0.05) is 39.3 Å². The fourth-order valence-electron chi connectivity index (χ4n) is 3.14. The van der Waals surface area contributed by atoms with Crippen molar-refractivity contribution in [2.45, 2.75) is 58.8 Å². The molecule has 1 aliphatic heterocycles. The van der Waals surface area contributed by atoms with Crippen LogP contribution in [0.2, 0.25) is 0 Å². The molecule has 0 atom stereocenters. The van der Waals surface area contributed by atoms with Gasteiger partial charge in [0.2, 0.25) is 0 Å². The summed E-state index contributed by atoms with van der Waals surface area (Å²) < 4.78 is 20.4. The van der Waals surface area contributed by atoms with Crippen LogP contribution in [0.5, 0.6) is 5.75 Å². The third kappa shape index (κ3) is 5.81. The SMILES string of the molecule is CCCCOc1ccc(CC2(CCn3ccnc3)OCC(C)(C)CO2)cc1. The van der Waals surface area contributed by atoms with Crippen molar-refractivity contribution in [3.63, 3.8) is 0 Å². The van der Waals surface area contributed by atoms with Crippen molar-refractivity contribution in [1.29, 1.82) is 0 Å². The highest BCUT2D eigenvalue weighted by Gasteiger charge is 2.40. The predicted octanol–water partition coefficient (Wildman–Crippen LogP) is 4.46. The molecule has 1 aliphatic rings. The Labute approximate surface area is 162 Å². The van der Waals surface area contributed by atoms with Crippen molar-refractivity contribution in [3.8, 4) is 5.75 Å². The third-order valence-electron chi connectivity index (χ3n) is 4.93. The van der Waals surface area contributed by atoms with Crippen LogP contribution in [-0.2, 0) is 22.4 Å². The number of unbranched alkanes of at least 4 members (excludes halogenated alkanes) is 1. The summed E-state index contributed by atoms with van der Waals surface area (Å²) in [4.78, 5) is 4.12. The van der Waals surface area contributed by atoms with Crippen LogP contribution in [0.25, 0.3) is 0 Å². The molecule has 0 amide bonds. The van der Waals surface area contributed by atoms with Crippen molar-refractivity contribution in [2.75, 3.05) is 19.8 Å². The summed E-state index contributed by atoms with van der Waals surface area (Å²) in [5, 5.41) is 0. The van der Waals surface area contributed by atoms with Crippen LogP contribution >= 0.6 is 0 Å². The average molecular weight is 373 g/mol. The van der Waals surface area contributed by atoms with E-state index in [9.17, 15) is 0 Å². The summed E-state index contributed by atoms with van der Waals surface area (Å²) in [6, 6.07) is 8.32. The molecule has 0 bridgehead atoms. The van der Waals surface area contributed by atoms with Crippen LogP contribution in [0.15, 0.2) is 43.0 Å². The minimum Gasteiger partial charge on any atom is -0.494 e. The van der Waals surface area contributed by atoms with Crippen molar-refractivity contribution in [1.82, 2.24) is 9.55 Å². The Balaban J connectivity index is 1.65. The molecule has 0 N–H and O–H groups in total. The fraction of sp³-hybridized carbons (Fsp3) is 0.591. The Morgan fingerprint density at radius 2 is 1.89 bits per heavy atom. The molecule has 3 rings (SSSR count). The van der Waals surface area contributed by atoms with Gasteiger partial charge in [-0.3, -0.25) is 0 Å². The molecule has 0 spiro atoms. The van der Waals surface area contributed by atoms with Gasteiger partial charge in [0, 0.05) is 37.2 Å². The molecule has 0 saturated carbocycles. The summed E-state index contributed by atoms with van der Waals surface area (Å²) in [5.41, 5.74) is 1.25. The van der Waals surface area contributed by atoms with E-state index < -0.39 is 5.79 Å². The summed E-state index contributed by atoms with van der Waals surface area (Å²) in [5.74, 6) is 0.330. The van der Waals surface area contributed by atoms with Crippen molar-refractivity contribution >= 4 is 0 Å². The second-order valence-electron chi connectivity index (χ2n) is 8.23. The van der Waals surface area contributed by atoms with E-state index in [4.69, 9.17) is 14.2 Å². The molecule has 148 valence electrons. The zero-order valence-corrected chi connectivity index (χ0v) is 16.8. The number of hydrogen-bond donors (Lipinski definition) is 0. The second kappa shape index (κ2) is 8.89. The van der Waals surface area contributed by atoms with Crippen LogP contribution < -0.4 is 4.74 Å². The standard InChI is InChI=1S/C22H32N2O3/c1-4-5-14-25-20-8-6-19(7-9-20)15-22(10-12-24-13-11-23-18-24)26-16-21(2,3)17-27-22/h6-9,11,13,18H,4-5,10,12,14-17H2,1-3H3. The second-order valence-corrected chi connectivity index (χ2v) is 8.23. The lowest BCUT2D eigenvalue weighted by atomic mass is 9.92. The van der Waals surface area contributed by atoms with E-state index in [0.717, 1.165) is 44.6 Å². The molecule has 1 aromatic carbocycles. The van der Waals surface area contributed by atoms with E-state index in [2.05, 4.69) is 42.5 Å². The normalized spacial score (nSPS) is 18.3. The molecular formula is C22H32N2O3. The average Bonchev–Trinajstić information content (AvgIpc) is 3.18. The smallest absolute Gasteiger partial charge is 0.174 e. The molecule has 5 heteroatoms. The summed E-state index contributed by atoms with van der Waals surface area (Å²) in [6.45, 7) is 9.51. The monoisotopic (exact) mass is 372 g/mol. The highest BCUT2D eigenvalue weighted by Crippen LogP contribution is 2.34. The number of hydrogen-bond acceptors (Lipinski definition) is 4. The first-order valence-electron chi connectivity index (χ1n) is 9.96. The zero-order chi connectivity index (χ0) is 19.2. The van der Waals surface area contributed by atoms with Gasteiger partial charge < -0.3 is 18.8 Å². The molecule has 0 radical (unpaired) electrons. The van der Waals surface area contributed by atoms with Gasteiger partial charge in [-0.15, -0.1) is 0 Å². The van der Waals surface area contributed by atoms with Gasteiger partial charge in [-0.25, -0.2) is 4.98 Å². The summed E-state index contributed by atoms with van der Waals surface area (Å²) >= 11 is 0. The van der Waals surface area contributed by atoms with E-state index in [-0.39, 0.29) is 5.41 Å². The number of rotatable bonds is 9. The number of ether oxygens (including phenoxy) is 3. The van der Waals surface area contributed by atoms with Gasteiger partial charge in [-0.05, 0) is 24.1 Å². The Kier molecular flexibility index (Phi) is 6.55. The van der Waals surface area contributed by atoms with E-state index >= 15 is 0 Å². The minimum atomic E-state index is -0.593. The number of aryl methyl sites for hydroxylation is 1. The molecule has 5 nitrogen and oxygen atoms in total. The largest absolute Gasteiger partial charge is 0.494 e. The summed E-state index contributed by atoms with van der Waals surface area (Å²) in [7, 11) is 0. The molecule has 1 fully saturated rings. The maximum absolute atomic E-state index is 6.31. The molecule has 0 aliphatic carbocycles. The van der Waals surface area contributed by atoms with Gasteiger partial charge in [-0.2, -0.15) is 0 Å². The lowest BCUT2D eigenvalue weighted by Gasteiger charge is -2.44. The van der Waals surface area contributed by atoms with E-state index in [1.54, 1.807) is 6.20 Å². The minimum absolute atomic E-state index is 0.0511. The van der Waals surface area contributed by atoms with Crippen LogP contribution in [0.4, 0.5) is 0 Å². The fourth-order valence-corrected chi connectivity index (χ4v) is 3.14. The van der Waals surface area contributed by atoms with Crippen LogP contribution in [0.3, 0.4) is 0 Å². The molecule has 1 saturated heterocycles. The lowest BCUT2D eigenvalue weighted by molar-refractivity contribution is -0.301. The van der Waals surface area contributed by atoms with Crippen LogP contribution in [-0.4, -0.2) is 35.2 Å². The Hall–Kier alpha value is -1.85. The zero-order valence-electron chi connectivity index (χ0n) is 16.8. The van der Waals surface area contributed by atoms with Crippen LogP contribution in [0, 0.1) is 5.41 Å². The first-order valence-corrected chi connectivity index (χ1v) is 9.96. The molecule has 1 aromatic heterocycles. The highest BCUT2D eigenvalue weighted by molar-refractivity contribution is 5.28. The Morgan fingerprint density at radius 1 is 1.15 bits per heavy atom. The molecular weight excluding hydrogens is 340 g/mol. The third-order valence-corrected chi connectivity index (χ3v) is 4.93. The van der Waals surface area contributed by atoms with Crippen molar-refractivity contribution in [3.05, 3.63) is 48.5 Å². The van der Waals surface area contributed by atoms with Gasteiger partial charge in [0.15, 0.2) is 5.79 Å². The Bertz CT molecular complexity index is 670. The molecule has 0 unspecified atom stereocenters. The van der Waals surface area contributed by atoms with Gasteiger partial charge in [0.25, 0.3) is 0 Å². The van der Waals surface area contributed by atoms with Crippen molar-refractivity contribution < 1.29 is 14.2 Å². The quantitative estimate of drug-likeness (QED) is 0.610. The molecule has 2 heterocycles. The first-order chi connectivity index (χ1) is 13.0. The van der Waals surface area contributed by atoms with E-state index in [1.807, 2.05) is 24.7 Å². The number of imidazole rings is 1. The molecule has 2 aromatic rings. The van der Waals surface area contributed by atoms with Crippen LogP contribution in [0.1, 0.15) is 45.6 Å². The summed E-state index contributed by atoms with van der Waals surface area (Å²) in [6.07, 6.45) is 9.35. The number of aromatic nitrogens is 2. The predicted molar refractivity (Wildman–Crippen MR) is 106 cm³/mol. The maximum atomic E-state index is 6.31. The Morgan fingerprint density at radius 3 is 2.52 bits per heavy atom. The van der Waals surface area contributed by atoms with Crippen molar-refractivity contribution in [2.24, 2.45) is 5.41 Å². The first kappa shape index (κ1) is 19.9. The van der Waals surface area contributed by atoms with Gasteiger partial charge in [0.1, 0.15) is 5.75 Å². The van der Waals surface area contributed by atoms with Gasteiger partial charge >= 0.3 is 0 Å². The number of nitrogens with zero attached hydrogens (tertiary/aromatic N) is 2. The molecule has 27 heavy (non-hydrogen) atoms. The van der Waals surface area contributed by atoms with Gasteiger partial charge in [0.05, 0.1) is 26.1 Å². The van der Waals surface area contributed by atoms with E-state index in [1.165, 1.54) is 5.56 Å². The number of benzene rings is 1. The van der Waals surface area contributed by atoms with E-state index in [0.29, 0.717) is 13.2 Å². The maximum Gasteiger partial charge on any atom is 0.174 e. The highest BCUT2D eigenvalue weighted by atomic mass is 16.7. The topological polar surface area (TPSA) is 45.5 Å². The lowest BCUT2D eigenvalue weighted by Crippen LogP contribution is -2.49.